The zero-order valence-corrected chi connectivity index (χ0v) is 10.7. The lowest BCUT2D eigenvalue weighted by Gasteiger charge is -2.06. The Bertz CT molecular complexity index is 445. The molecule has 0 heterocycles. The number of hydrogen-bond acceptors (Lipinski definition) is 7. The monoisotopic (exact) mass is 280 g/mol. The van der Waals surface area contributed by atoms with Crippen LogP contribution in [0.2, 0.25) is 0 Å². The molecule has 0 saturated heterocycles. The van der Waals surface area contributed by atoms with Crippen LogP contribution in [0.1, 0.15) is 5.56 Å². The third-order valence-electron chi connectivity index (χ3n) is 1.97. The van der Waals surface area contributed by atoms with E-state index in [-0.39, 0.29) is 17.3 Å². The van der Waals surface area contributed by atoms with Gasteiger partial charge in [0.15, 0.2) is 22.2 Å². The molecule has 8 heteroatoms. The third kappa shape index (κ3) is 4.62. The first kappa shape index (κ1) is 14.4. The SMILES string of the molecule is Cc1ccccc1S(=O)(=O)CCOSOOO. The Morgan fingerprint density at radius 1 is 1.35 bits per heavy atom. The molecular formula is C9H12O6S2. The molecule has 0 radical (unpaired) electrons. The highest BCUT2D eigenvalue weighted by atomic mass is 32.2. The first-order valence-electron chi connectivity index (χ1n) is 4.62. The topological polar surface area (TPSA) is 82.1 Å². The summed E-state index contributed by atoms with van der Waals surface area (Å²) in [4.78, 5) is 0.285. The van der Waals surface area contributed by atoms with Gasteiger partial charge in [-0.2, -0.15) is 0 Å². The van der Waals surface area contributed by atoms with Crippen molar-refractivity contribution in [1.82, 2.24) is 0 Å². The zero-order valence-electron chi connectivity index (χ0n) is 9.03. The second-order valence-corrected chi connectivity index (χ2v) is 5.70. The molecule has 0 aliphatic rings. The van der Waals surface area contributed by atoms with Gasteiger partial charge in [0, 0.05) is 0 Å². The van der Waals surface area contributed by atoms with Crippen molar-refractivity contribution < 1.29 is 27.2 Å². The molecule has 0 aliphatic heterocycles. The van der Waals surface area contributed by atoms with Gasteiger partial charge in [-0.3, -0.25) is 4.18 Å². The summed E-state index contributed by atoms with van der Waals surface area (Å²) < 4.78 is 32.4. The first-order chi connectivity index (χ1) is 8.08. The van der Waals surface area contributed by atoms with E-state index in [1.165, 1.54) is 0 Å². The molecule has 96 valence electrons. The minimum atomic E-state index is -3.38. The fraction of sp³-hybridized carbons (Fsp3) is 0.333. The Hall–Kier alpha value is -0.640. The normalized spacial score (nSPS) is 11.6. The van der Waals surface area contributed by atoms with Crippen molar-refractivity contribution in [3.63, 3.8) is 0 Å². The second kappa shape index (κ2) is 6.94. The van der Waals surface area contributed by atoms with Crippen LogP contribution in [0.25, 0.3) is 0 Å². The predicted molar refractivity (Wildman–Crippen MR) is 61.6 cm³/mol. The van der Waals surface area contributed by atoms with Gasteiger partial charge in [-0.15, -0.1) is 4.33 Å². The van der Waals surface area contributed by atoms with E-state index in [9.17, 15) is 8.42 Å². The summed E-state index contributed by atoms with van der Waals surface area (Å²) in [7, 11) is -3.38. The Morgan fingerprint density at radius 2 is 2.06 bits per heavy atom. The highest BCUT2D eigenvalue weighted by Crippen LogP contribution is 2.16. The molecule has 1 aromatic carbocycles. The van der Waals surface area contributed by atoms with E-state index in [1.54, 1.807) is 31.2 Å². The van der Waals surface area contributed by atoms with Crippen molar-refractivity contribution in [1.29, 1.82) is 0 Å². The predicted octanol–water partition coefficient (Wildman–Crippen LogP) is 1.77. The molecule has 0 bridgehead atoms. The highest BCUT2D eigenvalue weighted by Gasteiger charge is 2.16. The minimum absolute atomic E-state index is 0.0787. The molecule has 17 heavy (non-hydrogen) atoms. The molecule has 0 unspecified atom stereocenters. The lowest BCUT2D eigenvalue weighted by atomic mass is 10.2. The van der Waals surface area contributed by atoms with Gasteiger partial charge in [0.1, 0.15) is 0 Å². The lowest BCUT2D eigenvalue weighted by Crippen LogP contribution is -2.12. The van der Waals surface area contributed by atoms with Crippen molar-refractivity contribution in [3.05, 3.63) is 29.8 Å². The molecule has 0 amide bonds. The van der Waals surface area contributed by atoms with E-state index in [0.29, 0.717) is 17.9 Å². The van der Waals surface area contributed by atoms with Crippen molar-refractivity contribution in [2.75, 3.05) is 12.4 Å². The van der Waals surface area contributed by atoms with Crippen molar-refractivity contribution >= 4 is 22.2 Å². The lowest BCUT2D eigenvalue weighted by molar-refractivity contribution is -0.434. The van der Waals surface area contributed by atoms with Gasteiger partial charge in [0.25, 0.3) is 0 Å². The second-order valence-electron chi connectivity index (χ2n) is 3.12. The maximum atomic E-state index is 11.9. The summed E-state index contributed by atoms with van der Waals surface area (Å²) in [6.07, 6.45) is 0. The Kier molecular flexibility index (Phi) is 5.89. The number of hydrogen-bond donors (Lipinski definition) is 1. The van der Waals surface area contributed by atoms with E-state index in [4.69, 9.17) is 9.44 Å². The molecule has 0 fully saturated rings. The Balaban J connectivity index is 2.55. The van der Waals surface area contributed by atoms with Crippen molar-refractivity contribution in [2.45, 2.75) is 11.8 Å². The molecule has 0 aromatic heterocycles. The molecule has 0 saturated carbocycles. The Labute approximate surface area is 104 Å². The van der Waals surface area contributed by atoms with Crippen LogP contribution in [-0.4, -0.2) is 26.0 Å². The van der Waals surface area contributed by atoms with Crippen LogP contribution in [0.15, 0.2) is 29.2 Å². The number of rotatable bonds is 7. The van der Waals surface area contributed by atoms with Gasteiger partial charge in [-0.1, -0.05) is 23.2 Å². The summed E-state index contributed by atoms with van der Waals surface area (Å²) in [6.45, 7) is 1.65. The maximum absolute atomic E-state index is 11.9. The van der Waals surface area contributed by atoms with Gasteiger partial charge in [-0.25, -0.2) is 13.7 Å². The molecule has 1 aromatic rings. The van der Waals surface area contributed by atoms with Crippen molar-refractivity contribution in [2.24, 2.45) is 0 Å². The van der Waals surface area contributed by atoms with Crippen LogP contribution in [0.4, 0.5) is 0 Å². The van der Waals surface area contributed by atoms with E-state index in [2.05, 4.69) is 9.37 Å². The van der Waals surface area contributed by atoms with Gasteiger partial charge in [0.05, 0.1) is 17.3 Å². The zero-order chi connectivity index (χ0) is 12.7. The van der Waals surface area contributed by atoms with E-state index in [1.807, 2.05) is 0 Å². The fourth-order valence-corrected chi connectivity index (χ4v) is 2.91. The summed E-state index contributed by atoms with van der Waals surface area (Å²) in [5.74, 6) is -0.181. The van der Waals surface area contributed by atoms with Crippen LogP contribution in [-0.2, 0) is 23.4 Å². The average Bonchev–Trinajstić information content (AvgIpc) is 2.29. The minimum Gasteiger partial charge on any atom is -0.288 e. The molecule has 1 N–H and O–H groups in total. The number of aryl methyl sites for hydroxylation is 1. The quantitative estimate of drug-likeness (QED) is 0.353. The van der Waals surface area contributed by atoms with Crippen LogP contribution >= 0.6 is 12.3 Å². The fourth-order valence-electron chi connectivity index (χ4n) is 1.23. The van der Waals surface area contributed by atoms with Gasteiger partial charge in [0.2, 0.25) is 0 Å². The molecule has 6 nitrogen and oxygen atoms in total. The van der Waals surface area contributed by atoms with Crippen LogP contribution in [0.5, 0.6) is 0 Å². The van der Waals surface area contributed by atoms with Crippen LogP contribution < -0.4 is 0 Å². The van der Waals surface area contributed by atoms with Crippen LogP contribution in [0, 0.1) is 6.92 Å². The molecular weight excluding hydrogens is 268 g/mol. The average molecular weight is 280 g/mol. The largest absolute Gasteiger partial charge is 0.288 e. The van der Waals surface area contributed by atoms with E-state index >= 15 is 0 Å². The number of benzene rings is 1. The molecule has 1 rings (SSSR count). The summed E-state index contributed by atoms with van der Waals surface area (Å²) in [6, 6.07) is 6.71. The molecule has 0 aliphatic carbocycles. The van der Waals surface area contributed by atoms with Crippen LogP contribution in [0.3, 0.4) is 0 Å². The van der Waals surface area contributed by atoms with Crippen molar-refractivity contribution in [3.8, 4) is 0 Å². The van der Waals surface area contributed by atoms with E-state index < -0.39 is 9.84 Å². The molecule has 0 atom stereocenters. The van der Waals surface area contributed by atoms with Gasteiger partial charge >= 0.3 is 0 Å². The standard InChI is InChI=1S/C9H12O6S2/c1-8-4-2-3-5-9(8)17(11,12)7-6-13-16-15-14-10/h2-5,10H,6-7H2,1H3. The number of sulfone groups is 1. The summed E-state index contributed by atoms with van der Waals surface area (Å²) in [5, 5.41) is 11.1. The third-order valence-corrected chi connectivity index (χ3v) is 4.18. The van der Waals surface area contributed by atoms with E-state index in [0.717, 1.165) is 0 Å². The summed E-state index contributed by atoms with van der Waals surface area (Å²) in [5.41, 5.74) is 0.690. The smallest absolute Gasteiger partial charge is 0.197 e. The van der Waals surface area contributed by atoms with Gasteiger partial charge < -0.3 is 0 Å². The first-order valence-corrected chi connectivity index (χ1v) is 6.94. The molecule has 0 spiro atoms. The maximum Gasteiger partial charge on any atom is 0.197 e. The Morgan fingerprint density at radius 3 is 2.71 bits per heavy atom. The summed E-state index contributed by atoms with van der Waals surface area (Å²) >= 11 is 0.357. The highest BCUT2D eigenvalue weighted by molar-refractivity contribution is 7.91. The van der Waals surface area contributed by atoms with Gasteiger partial charge in [-0.05, 0) is 18.6 Å².